The van der Waals surface area contributed by atoms with Gasteiger partial charge in [-0.2, -0.15) is 0 Å². The maximum atomic E-state index is 12.7. The number of halogens is 4. The summed E-state index contributed by atoms with van der Waals surface area (Å²) in [5, 5.41) is 4.54. The molecular weight excluding hydrogens is 549 g/mol. The second-order valence-corrected chi connectivity index (χ2v) is 8.83. The first-order valence-corrected chi connectivity index (χ1v) is 11.7. The van der Waals surface area contributed by atoms with E-state index in [0.717, 1.165) is 18.4 Å². The van der Waals surface area contributed by atoms with Crippen LogP contribution in [0.15, 0.2) is 61.2 Å². The Hall–Kier alpha value is -1.57. The predicted molar refractivity (Wildman–Crippen MR) is 129 cm³/mol. The summed E-state index contributed by atoms with van der Waals surface area (Å²) in [6.07, 6.45) is 7.44. The molecule has 33 heavy (non-hydrogen) atoms. The number of hydrogen-bond donors (Lipinski definition) is 1. The summed E-state index contributed by atoms with van der Waals surface area (Å²) >= 11 is 18.7. The Bertz CT molecular complexity index is 1060. The number of nitrogens with zero attached hydrogens (tertiary/aromatic N) is 2. The Labute approximate surface area is 220 Å². The van der Waals surface area contributed by atoms with Crippen molar-refractivity contribution < 1.29 is 31.1 Å². The minimum atomic E-state index is -0.425. The van der Waals surface area contributed by atoms with E-state index in [1.807, 2.05) is 59.0 Å². The van der Waals surface area contributed by atoms with Crippen molar-refractivity contribution >= 4 is 46.4 Å². The fourth-order valence-corrected chi connectivity index (χ4v) is 3.96. The number of aromatic nitrogens is 2. The monoisotopic (exact) mass is 573 g/mol. The molecule has 9 heteroatoms. The van der Waals surface area contributed by atoms with Gasteiger partial charge in [0.05, 0.1) is 10.7 Å². The molecular formula is C24H27BrCl3N3O2. The molecule has 0 spiro atoms. The summed E-state index contributed by atoms with van der Waals surface area (Å²) in [7, 11) is 0. The topological polar surface area (TPSA) is 47.1 Å². The quantitative estimate of drug-likeness (QED) is 0.297. The molecule has 2 atom stereocenters. The zero-order valence-corrected chi connectivity index (χ0v) is 22.3. The van der Waals surface area contributed by atoms with Gasteiger partial charge < -0.3 is 27.0 Å². The zero-order chi connectivity index (χ0) is 23.1. The molecule has 5 nitrogen and oxygen atoms in total. The molecule has 1 aromatic heterocycles. The van der Waals surface area contributed by atoms with Crippen LogP contribution in [0.4, 0.5) is 5.69 Å². The molecule has 1 heterocycles. The van der Waals surface area contributed by atoms with Gasteiger partial charge in [0.25, 0.3) is 5.91 Å². The number of ether oxygens (including phenoxy) is 1. The van der Waals surface area contributed by atoms with Gasteiger partial charge in [-0.25, -0.2) is 9.13 Å². The number of nitrogens with one attached hydrogen (secondary N) is 1. The molecule has 0 radical (unpaired) electrons. The predicted octanol–water partition coefficient (Wildman–Crippen LogP) is 3.50. The van der Waals surface area contributed by atoms with Crippen molar-refractivity contribution in [3.8, 4) is 0 Å². The molecule has 0 aliphatic heterocycles. The normalized spacial score (nSPS) is 12.6. The van der Waals surface area contributed by atoms with E-state index < -0.39 is 6.04 Å². The van der Waals surface area contributed by atoms with Gasteiger partial charge in [0.15, 0.2) is 6.04 Å². The van der Waals surface area contributed by atoms with Crippen LogP contribution in [0, 0.1) is 0 Å². The molecule has 3 rings (SSSR count). The van der Waals surface area contributed by atoms with Crippen LogP contribution >= 0.6 is 34.8 Å². The van der Waals surface area contributed by atoms with Gasteiger partial charge >= 0.3 is 0 Å². The first-order chi connectivity index (χ1) is 15.4. The molecule has 2 unspecified atom stereocenters. The van der Waals surface area contributed by atoms with Gasteiger partial charge in [-0.15, -0.1) is 0 Å². The van der Waals surface area contributed by atoms with E-state index in [9.17, 15) is 4.79 Å². The van der Waals surface area contributed by atoms with Crippen molar-refractivity contribution in [2.24, 2.45) is 0 Å². The van der Waals surface area contributed by atoms with E-state index in [0.29, 0.717) is 33.9 Å². The fraction of sp³-hybridized carbons (Fsp3) is 0.333. The Morgan fingerprint density at radius 1 is 1.15 bits per heavy atom. The number of unbranched alkanes of at least 4 members (excludes halogenated alkanes) is 1. The molecule has 0 aliphatic rings. The van der Waals surface area contributed by atoms with Crippen LogP contribution in [0.2, 0.25) is 15.1 Å². The second-order valence-electron chi connectivity index (χ2n) is 7.58. The average Bonchev–Trinajstić information content (AvgIpc) is 3.23. The average molecular weight is 576 g/mol. The fourth-order valence-electron chi connectivity index (χ4n) is 3.25. The van der Waals surface area contributed by atoms with E-state index in [1.54, 1.807) is 18.2 Å². The largest absolute Gasteiger partial charge is 1.00 e. The third kappa shape index (κ3) is 7.72. The number of para-hydroxylation sites is 1. The maximum absolute atomic E-state index is 12.7. The molecule has 0 aliphatic carbocycles. The summed E-state index contributed by atoms with van der Waals surface area (Å²) < 4.78 is 9.98. The lowest BCUT2D eigenvalue weighted by molar-refractivity contribution is -0.704. The lowest BCUT2D eigenvalue weighted by Crippen LogP contribution is -3.00. The van der Waals surface area contributed by atoms with Crippen molar-refractivity contribution in [1.82, 2.24) is 4.57 Å². The standard InChI is InChI=1S/C24H26Cl3N3O2.BrH/c1-3-4-13-32-23(19-10-9-18(25)14-21(19)27)15-29-11-12-30(16-29)17(2)24(31)28-22-8-6-5-7-20(22)26;/h5-12,14,16-17,23H,3-4,13,15H2,1-2H3;1H. The van der Waals surface area contributed by atoms with Crippen LogP contribution in [-0.2, 0) is 16.1 Å². The van der Waals surface area contributed by atoms with Gasteiger partial charge in [-0.3, -0.25) is 4.79 Å². The van der Waals surface area contributed by atoms with E-state index >= 15 is 0 Å². The molecule has 178 valence electrons. The van der Waals surface area contributed by atoms with Crippen LogP contribution in [-0.4, -0.2) is 17.1 Å². The van der Waals surface area contributed by atoms with Gasteiger partial charge in [0.1, 0.15) is 25.0 Å². The number of rotatable bonds is 10. The van der Waals surface area contributed by atoms with Gasteiger partial charge in [0, 0.05) is 22.2 Å². The summed E-state index contributed by atoms with van der Waals surface area (Å²) in [5.41, 5.74) is 1.48. The number of amides is 1. The first-order valence-electron chi connectivity index (χ1n) is 10.6. The van der Waals surface area contributed by atoms with Crippen LogP contribution in [0.1, 0.15) is 44.4 Å². The van der Waals surface area contributed by atoms with Crippen molar-refractivity contribution in [2.45, 2.75) is 45.4 Å². The number of carbonyl (C=O) groups excluding carboxylic acids is 1. The molecule has 0 saturated carbocycles. The minimum Gasteiger partial charge on any atom is -1.00 e. The van der Waals surface area contributed by atoms with Crippen molar-refractivity contribution in [2.75, 3.05) is 11.9 Å². The number of anilines is 1. The Morgan fingerprint density at radius 3 is 2.61 bits per heavy atom. The smallest absolute Gasteiger partial charge is 0.269 e. The Morgan fingerprint density at radius 2 is 1.91 bits per heavy atom. The molecule has 2 aromatic carbocycles. The first kappa shape index (κ1) is 27.7. The summed E-state index contributed by atoms with van der Waals surface area (Å²) in [4.78, 5) is 12.7. The Balaban J connectivity index is 0.00000385. The zero-order valence-electron chi connectivity index (χ0n) is 18.5. The van der Waals surface area contributed by atoms with Crippen LogP contribution < -0.4 is 26.9 Å². The lowest BCUT2D eigenvalue weighted by atomic mass is 10.1. The van der Waals surface area contributed by atoms with Gasteiger partial charge in [-0.05, 0) is 37.6 Å². The van der Waals surface area contributed by atoms with Crippen LogP contribution in [0.3, 0.4) is 0 Å². The van der Waals surface area contributed by atoms with Crippen molar-refractivity contribution in [1.29, 1.82) is 0 Å². The second kappa shape index (κ2) is 13.4. The van der Waals surface area contributed by atoms with E-state index in [-0.39, 0.29) is 29.0 Å². The highest BCUT2D eigenvalue weighted by atomic mass is 79.9. The third-order valence-corrected chi connectivity index (χ3v) is 6.07. The van der Waals surface area contributed by atoms with E-state index in [2.05, 4.69) is 12.2 Å². The Kier molecular flexibility index (Phi) is 11.2. The highest BCUT2D eigenvalue weighted by molar-refractivity contribution is 6.35. The van der Waals surface area contributed by atoms with Gasteiger partial charge in [0.2, 0.25) is 6.33 Å². The van der Waals surface area contributed by atoms with Crippen molar-refractivity contribution in [3.63, 3.8) is 0 Å². The molecule has 1 N–H and O–H groups in total. The number of carbonyl (C=O) groups is 1. The molecule has 0 fully saturated rings. The molecule has 0 saturated heterocycles. The lowest BCUT2D eigenvalue weighted by Gasteiger charge is -2.18. The van der Waals surface area contributed by atoms with E-state index in [4.69, 9.17) is 39.5 Å². The summed E-state index contributed by atoms with van der Waals surface area (Å²) in [6.45, 7) is 5.15. The van der Waals surface area contributed by atoms with Crippen molar-refractivity contribution in [3.05, 3.63) is 81.8 Å². The number of benzene rings is 2. The highest BCUT2D eigenvalue weighted by Crippen LogP contribution is 2.29. The van der Waals surface area contributed by atoms with Crippen LogP contribution in [0.5, 0.6) is 0 Å². The van der Waals surface area contributed by atoms with Gasteiger partial charge in [-0.1, -0.05) is 66.3 Å². The summed E-state index contributed by atoms with van der Waals surface area (Å²) in [5.74, 6) is -0.155. The molecule has 1 amide bonds. The molecule has 0 bridgehead atoms. The number of imidazole rings is 1. The molecule has 3 aromatic rings. The SMILES string of the molecule is CCCCOC(C[n+]1ccn(C(C)C(=O)Nc2ccccc2Cl)c1)c1ccc(Cl)cc1Cl.[Br-]. The minimum absolute atomic E-state index is 0. The highest BCUT2D eigenvalue weighted by Gasteiger charge is 2.23. The third-order valence-electron chi connectivity index (χ3n) is 5.17. The summed E-state index contributed by atoms with van der Waals surface area (Å²) in [6, 6.07) is 12.2. The maximum Gasteiger partial charge on any atom is 0.269 e. The van der Waals surface area contributed by atoms with Crippen LogP contribution in [0.25, 0.3) is 0 Å². The van der Waals surface area contributed by atoms with E-state index in [1.165, 1.54) is 0 Å². The number of hydrogen-bond acceptors (Lipinski definition) is 2.